The largest absolute Gasteiger partial charge is 0.479 e. The lowest BCUT2D eigenvalue weighted by molar-refractivity contribution is -0.384. The van der Waals surface area contributed by atoms with Crippen LogP contribution in [0, 0.1) is 10.1 Å². The quantitative estimate of drug-likeness (QED) is 0.526. The van der Waals surface area contributed by atoms with Gasteiger partial charge in [0.15, 0.2) is 6.10 Å². The number of benzene rings is 1. The highest BCUT2D eigenvalue weighted by Crippen LogP contribution is 2.22. The molecule has 108 valence electrons. The van der Waals surface area contributed by atoms with Crippen LogP contribution in [0.25, 0.3) is 0 Å². The maximum atomic E-state index is 11.7. The Hall–Kier alpha value is -2.19. The van der Waals surface area contributed by atoms with E-state index in [2.05, 4.69) is 5.32 Å². The van der Waals surface area contributed by atoms with Crippen LogP contribution in [0.15, 0.2) is 18.2 Å². The molecule has 0 radical (unpaired) electrons. The summed E-state index contributed by atoms with van der Waals surface area (Å²) in [4.78, 5) is 31.9. The summed E-state index contributed by atoms with van der Waals surface area (Å²) >= 11 is 5.75. The molecule has 1 amide bonds. The first-order valence-corrected chi connectivity index (χ1v) is 5.83. The lowest BCUT2D eigenvalue weighted by Crippen LogP contribution is -2.30. The van der Waals surface area contributed by atoms with E-state index in [-0.39, 0.29) is 29.2 Å². The third kappa shape index (κ3) is 4.18. The number of aliphatic hydroxyl groups is 1. The van der Waals surface area contributed by atoms with E-state index in [0.717, 1.165) is 12.1 Å². The molecule has 1 atom stereocenters. The van der Waals surface area contributed by atoms with Crippen LogP contribution in [-0.4, -0.2) is 39.7 Å². The molecule has 0 fully saturated rings. The molecular weight excluding hydrogens is 292 g/mol. The van der Waals surface area contributed by atoms with Crippen molar-refractivity contribution >= 4 is 29.2 Å². The van der Waals surface area contributed by atoms with Crippen LogP contribution in [0.3, 0.4) is 0 Å². The van der Waals surface area contributed by atoms with Gasteiger partial charge in [-0.15, -0.1) is 0 Å². The Morgan fingerprint density at radius 1 is 1.45 bits per heavy atom. The van der Waals surface area contributed by atoms with Crippen molar-refractivity contribution in [3.05, 3.63) is 38.9 Å². The van der Waals surface area contributed by atoms with E-state index in [4.69, 9.17) is 21.8 Å². The van der Waals surface area contributed by atoms with Gasteiger partial charge in [-0.25, -0.2) is 4.79 Å². The molecule has 8 nitrogen and oxygen atoms in total. The fraction of sp³-hybridized carbons (Fsp3) is 0.273. The van der Waals surface area contributed by atoms with Crippen molar-refractivity contribution in [1.29, 1.82) is 0 Å². The number of nitro groups is 1. The Morgan fingerprint density at radius 3 is 2.60 bits per heavy atom. The summed E-state index contributed by atoms with van der Waals surface area (Å²) in [5.41, 5.74) is -0.213. The molecule has 0 aliphatic rings. The number of carboxylic acids is 1. The maximum Gasteiger partial charge on any atom is 0.332 e. The molecule has 0 aliphatic carbocycles. The fourth-order valence-electron chi connectivity index (χ4n) is 1.34. The molecule has 9 heteroatoms. The number of carboxylic acid groups (broad SMARTS) is 1. The van der Waals surface area contributed by atoms with Gasteiger partial charge in [0.25, 0.3) is 11.6 Å². The fourth-order valence-corrected chi connectivity index (χ4v) is 1.60. The van der Waals surface area contributed by atoms with Gasteiger partial charge in [0.05, 0.1) is 15.5 Å². The molecule has 20 heavy (non-hydrogen) atoms. The van der Waals surface area contributed by atoms with Crippen molar-refractivity contribution in [2.24, 2.45) is 0 Å². The predicted octanol–water partition coefficient (Wildman–Crippen LogP) is 0.814. The normalized spacial score (nSPS) is 11.7. The molecule has 1 aromatic rings. The summed E-state index contributed by atoms with van der Waals surface area (Å²) in [6.07, 6.45) is -1.73. The van der Waals surface area contributed by atoms with Gasteiger partial charge in [0, 0.05) is 25.1 Å². The van der Waals surface area contributed by atoms with E-state index in [1.807, 2.05) is 0 Å². The number of aliphatic carboxylic acids is 1. The van der Waals surface area contributed by atoms with Crippen LogP contribution < -0.4 is 5.32 Å². The average molecular weight is 303 g/mol. The molecule has 0 aliphatic heterocycles. The second-order valence-electron chi connectivity index (χ2n) is 3.82. The molecular formula is C11H11ClN2O6. The molecule has 0 spiro atoms. The number of nitrogens with zero attached hydrogens (tertiary/aromatic N) is 1. The highest BCUT2D eigenvalue weighted by atomic mass is 35.5. The van der Waals surface area contributed by atoms with Crippen molar-refractivity contribution in [2.45, 2.75) is 12.5 Å². The second kappa shape index (κ2) is 6.83. The van der Waals surface area contributed by atoms with Gasteiger partial charge < -0.3 is 15.5 Å². The van der Waals surface area contributed by atoms with Crippen molar-refractivity contribution < 1.29 is 24.7 Å². The minimum absolute atomic E-state index is 0.0297. The molecule has 0 saturated heterocycles. The van der Waals surface area contributed by atoms with Crippen LogP contribution >= 0.6 is 11.6 Å². The molecule has 0 bridgehead atoms. The van der Waals surface area contributed by atoms with E-state index in [9.17, 15) is 19.7 Å². The average Bonchev–Trinajstić information content (AvgIpc) is 2.37. The highest BCUT2D eigenvalue weighted by Gasteiger charge is 2.16. The predicted molar refractivity (Wildman–Crippen MR) is 68.7 cm³/mol. The highest BCUT2D eigenvalue weighted by molar-refractivity contribution is 6.34. The van der Waals surface area contributed by atoms with Gasteiger partial charge >= 0.3 is 5.97 Å². The van der Waals surface area contributed by atoms with Gasteiger partial charge in [-0.05, 0) is 6.07 Å². The van der Waals surface area contributed by atoms with Crippen LogP contribution in [0.2, 0.25) is 5.02 Å². The third-order valence-electron chi connectivity index (χ3n) is 2.40. The Bertz CT molecular complexity index is 548. The molecule has 1 aromatic carbocycles. The van der Waals surface area contributed by atoms with Gasteiger partial charge in [0.1, 0.15) is 0 Å². The lowest BCUT2D eigenvalue weighted by Gasteiger charge is -2.08. The number of hydrogen-bond donors (Lipinski definition) is 3. The molecule has 0 heterocycles. The van der Waals surface area contributed by atoms with Crippen LogP contribution in [0.4, 0.5) is 5.69 Å². The molecule has 0 saturated carbocycles. The van der Waals surface area contributed by atoms with Gasteiger partial charge in [0.2, 0.25) is 0 Å². The number of carbonyl (C=O) groups excluding carboxylic acids is 1. The first kappa shape index (κ1) is 15.9. The maximum absolute atomic E-state index is 11.7. The zero-order valence-corrected chi connectivity index (χ0v) is 10.8. The van der Waals surface area contributed by atoms with E-state index in [0.29, 0.717) is 0 Å². The minimum Gasteiger partial charge on any atom is -0.479 e. The van der Waals surface area contributed by atoms with Gasteiger partial charge in [-0.2, -0.15) is 0 Å². The van der Waals surface area contributed by atoms with Crippen LogP contribution in [-0.2, 0) is 4.79 Å². The van der Waals surface area contributed by atoms with Crippen molar-refractivity contribution in [3.63, 3.8) is 0 Å². The standard InChI is InChI=1S/C11H11ClN2O6/c12-8-5-6(14(19)20)1-2-7(8)10(16)13-4-3-9(15)11(17)18/h1-2,5,9,15H,3-4H2,(H,13,16)(H,17,18). The number of aliphatic hydroxyl groups excluding tert-OH is 1. The summed E-state index contributed by atoms with van der Waals surface area (Å²) in [6, 6.07) is 3.37. The number of halogens is 1. The third-order valence-corrected chi connectivity index (χ3v) is 2.71. The lowest BCUT2D eigenvalue weighted by atomic mass is 10.2. The van der Waals surface area contributed by atoms with Crippen molar-refractivity contribution in [3.8, 4) is 0 Å². The van der Waals surface area contributed by atoms with Gasteiger partial charge in [-0.1, -0.05) is 11.6 Å². The molecule has 1 rings (SSSR count). The molecule has 0 aromatic heterocycles. The van der Waals surface area contributed by atoms with E-state index in [1.54, 1.807) is 0 Å². The summed E-state index contributed by atoms with van der Waals surface area (Å²) in [6.45, 7) is -0.0698. The number of nitro benzene ring substituents is 1. The topological polar surface area (TPSA) is 130 Å². The summed E-state index contributed by atoms with van der Waals surface area (Å²) in [5.74, 6) is -1.99. The Balaban J connectivity index is 2.64. The monoisotopic (exact) mass is 302 g/mol. The Labute approximate surface area is 118 Å². The number of amides is 1. The Kier molecular flexibility index (Phi) is 5.42. The second-order valence-corrected chi connectivity index (χ2v) is 4.23. The first-order valence-electron chi connectivity index (χ1n) is 5.46. The van der Waals surface area contributed by atoms with E-state index < -0.39 is 22.9 Å². The number of non-ortho nitro benzene ring substituents is 1. The zero-order chi connectivity index (χ0) is 15.3. The zero-order valence-electron chi connectivity index (χ0n) is 10.1. The summed E-state index contributed by atoms with van der Waals surface area (Å²) in [5, 5.41) is 30.2. The van der Waals surface area contributed by atoms with Crippen LogP contribution in [0.5, 0.6) is 0 Å². The smallest absolute Gasteiger partial charge is 0.332 e. The molecule has 3 N–H and O–H groups in total. The molecule has 1 unspecified atom stereocenters. The van der Waals surface area contributed by atoms with Crippen LogP contribution in [0.1, 0.15) is 16.8 Å². The number of rotatable bonds is 6. The number of hydrogen-bond acceptors (Lipinski definition) is 5. The Morgan fingerprint density at radius 2 is 2.10 bits per heavy atom. The number of nitrogens with one attached hydrogen (secondary N) is 1. The minimum atomic E-state index is -1.57. The van der Waals surface area contributed by atoms with Crippen molar-refractivity contribution in [1.82, 2.24) is 5.32 Å². The van der Waals surface area contributed by atoms with E-state index in [1.165, 1.54) is 6.07 Å². The first-order chi connectivity index (χ1) is 9.32. The number of carbonyl (C=O) groups is 2. The summed E-state index contributed by atoms with van der Waals surface area (Å²) in [7, 11) is 0. The van der Waals surface area contributed by atoms with Crippen molar-refractivity contribution in [2.75, 3.05) is 6.54 Å². The summed E-state index contributed by atoms with van der Waals surface area (Å²) < 4.78 is 0. The SMILES string of the molecule is O=C(NCCC(O)C(=O)O)c1ccc([N+](=O)[O-])cc1Cl. The van der Waals surface area contributed by atoms with E-state index >= 15 is 0 Å². The van der Waals surface area contributed by atoms with Gasteiger partial charge in [-0.3, -0.25) is 14.9 Å².